The number of carbonyl (C=O) groups excluding carboxylic acids is 1. The Kier molecular flexibility index (Phi) is 14.2. The van der Waals surface area contributed by atoms with Crippen LogP contribution in [0.3, 0.4) is 0 Å². The molecule has 1 heterocycles. The lowest BCUT2D eigenvalue weighted by molar-refractivity contribution is -0.143. The highest BCUT2D eigenvalue weighted by atomic mass is 35.8. The van der Waals surface area contributed by atoms with E-state index in [1.54, 1.807) is 11.3 Å². The summed E-state index contributed by atoms with van der Waals surface area (Å²) in [5.41, 5.74) is 1.47. The van der Waals surface area contributed by atoms with Crippen molar-refractivity contribution >= 4 is 56.5 Å². The third-order valence-electron chi connectivity index (χ3n) is 4.29. The molecule has 1 rings (SSSR count). The minimum atomic E-state index is -2.46. The van der Waals surface area contributed by atoms with E-state index < -0.39 is 6.00 Å². The smallest absolute Gasteiger partial charge is 0.341 e. The summed E-state index contributed by atoms with van der Waals surface area (Å²) in [5.74, 6) is -0.0727. The molecule has 0 atom stereocenters. The Morgan fingerprint density at radius 2 is 1.58 bits per heavy atom. The molecule has 2 nitrogen and oxygen atoms in total. The van der Waals surface area contributed by atoms with Crippen molar-refractivity contribution in [2.24, 2.45) is 0 Å². The van der Waals surface area contributed by atoms with Crippen molar-refractivity contribution in [3.05, 3.63) is 22.4 Å². The first-order chi connectivity index (χ1) is 12.5. The van der Waals surface area contributed by atoms with Crippen molar-refractivity contribution in [1.29, 1.82) is 0 Å². The number of rotatable bonds is 16. The van der Waals surface area contributed by atoms with E-state index in [1.165, 1.54) is 37.7 Å². The third kappa shape index (κ3) is 15.3. The van der Waals surface area contributed by atoms with Crippen molar-refractivity contribution in [3.8, 4) is 0 Å². The Hall–Kier alpha value is 0.257. The van der Waals surface area contributed by atoms with Gasteiger partial charge in [0, 0.05) is 6.42 Å². The maximum atomic E-state index is 11.6. The van der Waals surface area contributed by atoms with Gasteiger partial charge in [-0.15, -0.1) is 33.2 Å². The fourth-order valence-electron chi connectivity index (χ4n) is 2.78. The highest BCUT2D eigenvalue weighted by molar-refractivity contribution is 7.64. The van der Waals surface area contributed by atoms with E-state index in [9.17, 15) is 4.79 Å². The van der Waals surface area contributed by atoms with Gasteiger partial charge in [-0.25, -0.2) is 0 Å². The summed E-state index contributed by atoms with van der Waals surface area (Å²) in [6.07, 6.45) is 12.7. The molecule has 150 valence electrons. The molecule has 0 bridgehead atoms. The van der Waals surface area contributed by atoms with Gasteiger partial charge in [0.15, 0.2) is 0 Å². The molecule has 0 radical (unpaired) electrons. The summed E-state index contributed by atoms with van der Waals surface area (Å²) in [4.78, 5) is 11.6. The largest absolute Gasteiger partial charge is 0.466 e. The van der Waals surface area contributed by atoms with Gasteiger partial charge in [0.25, 0.3) is 0 Å². The Labute approximate surface area is 177 Å². The summed E-state index contributed by atoms with van der Waals surface area (Å²) in [7, 11) is 0. The summed E-state index contributed by atoms with van der Waals surface area (Å²) >= 11 is 19.3. The van der Waals surface area contributed by atoms with Crippen LogP contribution in [0.2, 0.25) is 6.04 Å². The molecule has 0 aliphatic rings. The normalized spacial score (nSPS) is 11.7. The lowest BCUT2D eigenvalue weighted by Gasteiger charge is -2.07. The molecule has 0 N–H and O–H groups in total. The first-order valence-electron chi connectivity index (χ1n) is 9.71. The fraction of sp³-hybridized carbons (Fsp3) is 0.737. The molecular weight excluding hydrogens is 427 g/mol. The molecule has 0 fully saturated rings. The molecule has 0 saturated heterocycles. The molecule has 0 saturated carbocycles. The first-order valence-corrected chi connectivity index (χ1v) is 15.9. The number of halogens is 3. The summed E-state index contributed by atoms with van der Waals surface area (Å²) < 4.78 is 5.29. The van der Waals surface area contributed by atoms with Crippen LogP contribution in [0, 0.1) is 0 Å². The zero-order valence-corrected chi connectivity index (χ0v) is 19.6. The van der Waals surface area contributed by atoms with E-state index in [0.717, 1.165) is 38.5 Å². The van der Waals surface area contributed by atoms with Crippen molar-refractivity contribution in [3.63, 3.8) is 0 Å². The third-order valence-corrected chi connectivity index (χ3v) is 7.65. The molecule has 0 unspecified atom stereocenters. The second kappa shape index (κ2) is 15.2. The molecule has 0 amide bonds. The van der Waals surface area contributed by atoms with Crippen molar-refractivity contribution in [2.75, 3.05) is 6.61 Å². The Morgan fingerprint density at radius 1 is 0.923 bits per heavy atom. The van der Waals surface area contributed by atoms with Gasteiger partial charge < -0.3 is 4.74 Å². The van der Waals surface area contributed by atoms with Crippen molar-refractivity contribution < 1.29 is 9.53 Å². The van der Waals surface area contributed by atoms with E-state index in [0.29, 0.717) is 19.1 Å². The summed E-state index contributed by atoms with van der Waals surface area (Å²) in [6.45, 7) is 0.562. The summed E-state index contributed by atoms with van der Waals surface area (Å²) in [5, 5.41) is 4.38. The maximum absolute atomic E-state index is 11.6. The molecular formula is C19H31Cl3O2SSi. The van der Waals surface area contributed by atoms with Gasteiger partial charge >= 0.3 is 12.0 Å². The van der Waals surface area contributed by atoms with Gasteiger partial charge in [0.2, 0.25) is 0 Å². The van der Waals surface area contributed by atoms with E-state index in [2.05, 4.69) is 16.8 Å². The average molecular weight is 458 g/mol. The molecule has 7 heteroatoms. The van der Waals surface area contributed by atoms with Crippen LogP contribution < -0.4 is 0 Å². The second-order valence-corrected chi connectivity index (χ2v) is 16.8. The quantitative estimate of drug-likeness (QED) is 0.110. The Morgan fingerprint density at radius 3 is 2.27 bits per heavy atom. The number of hydrogen-bond donors (Lipinski definition) is 0. The van der Waals surface area contributed by atoms with E-state index in [-0.39, 0.29) is 5.97 Å². The number of carbonyl (C=O) groups is 1. The van der Waals surface area contributed by atoms with Crippen LogP contribution in [-0.2, 0) is 16.0 Å². The fourth-order valence-corrected chi connectivity index (χ4v) is 5.34. The minimum Gasteiger partial charge on any atom is -0.466 e. The van der Waals surface area contributed by atoms with E-state index in [4.69, 9.17) is 38.0 Å². The molecule has 1 aromatic rings. The Bertz CT molecular complexity index is 464. The van der Waals surface area contributed by atoms with E-state index in [1.807, 2.05) is 0 Å². The van der Waals surface area contributed by atoms with Gasteiger partial charge in [-0.05, 0) is 54.1 Å². The number of ether oxygens (including phenoxy) is 1. The van der Waals surface area contributed by atoms with Gasteiger partial charge in [-0.3, -0.25) is 4.79 Å². The van der Waals surface area contributed by atoms with Gasteiger partial charge in [0.05, 0.1) is 6.61 Å². The lowest BCUT2D eigenvalue weighted by atomic mass is 10.1. The average Bonchev–Trinajstić information content (AvgIpc) is 3.09. The van der Waals surface area contributed by atoms with Crippen LogP contribution in [0.5, 0.6) is 0 Å². The monoisotopic (exact) mass is 456 g/mol. The lowest BCUT2D eigenvalue weighted by Crippen LogP contribution is -2.08. The molecule has 0 aliphatic heterocycles. The van der Waals surface area contributed by atoms with Crippen molar-refractivity contribution in [1.82, 2.24) is 0 Å². The number of hydrogen-bond acceptors (Lipinski definition) is 3. The number of aryl methyl sites for hydroxylation is 1. The summed E-state index contributed by atoms with van der Waals surface area (Å²) in [6, 6.07) is 0.454. The van der Waals surface area contributed by atoms with Gasteiger partial charge in [-0.1, -0.05) is 44.9 Å². The van der Waals surface area contributed by atoms with Crippen LogP contribution in [0.25, 0.3) is 0 Å². The minimum absolute atomic E-state index is 0.0727. The highest BCUT2D eigenvalue weighted by Gasteiger charge is 2.23. The zero-order valence-electron chi connectivity index (χ0n) is 15.5. The molecule has 0 aliphatic carbocycles. The molecule has 0 spiro atoms. The number of thiophene rings is 1. The number of unbranched alkanes of at least 4 members (excludes halogenated alkanes) is 8. The SMILES string of the molecule is O=C(CCCCCC[Si](Cl)(Cl)Cl)OCCCCCCCCc1ccsc1. The zero-order chi connectivity index (χ0) is 19.1. The first kappa shape index (κ1) is 24.3. The van der Waals surface area contributed by atoms with Crippen LogP contribution in [0.1, 0.15) is 76.2 Å². The predicted octanol–water partition coefficient (Wildman–Crippen LogP) is 7.78. The topological polar surface area (TPSA) is 26.3 Å². The van der Waals surface area contributed by atoms with Crippen LogP contribution in [-0.4, -0.2) is 18.6 Å². The maximum Gasteiger partial charge on any atom is 0.341 e. The molecule has 26 heavy (non-hydrogen) atoms. The predicted molar refractivity (Wildman–Crippen MR) is 118 cm³/mol. The van der Waals surface area contributed by atoms with E-state index >= 15 is 0 Å². The second-order valence-electron chi connectivity index (χ2n) is 6.75. The van der Waals surface area contributed by atoms with Crippen LogP contribution in [0.4, 0.5) is 0 Å². The Balaban J connectivity index is 1.79. The van der Waals surface area contributed by atoms with Gasteiger partial charge in [-0.2, -0.15) is 11.3 Å². The highest BCUT2D eigenvalue weighted by Crippen LogP contribution is 2.27. The van der Waals surface area contributed by atoms with Crippen LogP contribution in [0.15, 0.2) is 16.8 Å². The number of esters is 1. The standard InChI is InChI=1S/C19H31Cl3O2SSi/c20-26(21,22)16-10-6-4-8-12-19(23)24-14-9-5-2-1-3-7-11-18-13-15-25-17-18/h13,15,17H,1-12,14,16H2. The van der Waals surface area contributed by atoms with Gasteiger partial charge in [0.1, 0.15) is 0 Å². The van der Waals surface area contributed by atoms with Crippen molar-refractivity contribution in [2.45, 2.75) is 83.1 Å². The molecule has 1 aromatic heterocycles. The molecule has 0 aromatic carbocycles. The van der Waals surface area contributed by atoms with Crippen LogP contribution >= 0.6 is 44.6 Å².